The molecule has 0 aliphatic carbocycles. The van der Waals surface area contributed by atoms with Crippen LogP contribution in [-0.4, -0.2) is 49.5 Å². The minimum Gasteiger partial charge on any atom is -0.493 e. The Morgan fingerprint density at radius 2 is 1.95 bits per heavy atom. The molecule has 0 amide bonds. The Labute approximate surface area is 134 Å². The molecule has 0 saturated carbocycles. The van der Waals surface area contributed by atoms with Crippen molar-refractivity contribution < 1.29 is 14.6 Å². The number of fused-ring (bicyclic) bond motifs is 3. The van der Waals surface area contributed by atoms with Crippen molar-refractivity contribution in [1.82, 2.24) is 4.90 Å². The molecule has 4 rings (SSSR count). The molecule has 1 aromatic carbocycles. The van der Waals surface area contributed by atoms with Crippen LogP contribution in [0.1, 0.15) is 18.4 Å². The maximum atomic E-state index is 10.6. The van der Waals surface area contributed by atoms with E-state index in [4.69, 9.17) is 9.47 Å². The van der Waals surface area contributed by atoms with Crippen LogP contribution in [0.2, 0.25) is 0 Å². The summed E-state index contributed by atoms with van der Waals surface area (Å²) in [6.45, 7) is 2.19. The normalized spacial score (nSPS) is 31.2. The second-order valence-corrected chi connectivity index (χ2v) is 6.85. The van der Waals surface area contributed by atoms with Gasteiger partial charge in [0.15, 0.2) is 11.5 Å². The summed E-state index contributed by atoms with van der Waals surface area (Å²) in [5, 5.41) is 10.6. The third-order valence-electron chi connectivity index (χ3n) is 4.87. The lowest BCUT2D eigenvalue weighted by atomic mass is 9.78. The van der Waals surface area contributed by atoms with Crippen molar-refractivity contribution in [3.63, 3.8) is 0 Å². The van der Waals surface area contributed by atoms with Gasteiger partial charge in [-0.1, -0.05) is 15.9 Å². The van der Waals surface area contributed by atoms with E-state index in [1.807, 2.05) is 6.07 Å². The molecule has 5 heteroatoms. The number of nitrogens with zero attached hydrogens (tertiary/aromatic N) is 1. The van der Waals surface area contributed by atoms with Gasteiger partial charge in [-0.25, -0.2) is 0 Å². The molecule has 3 aliphatic rings. The van der Waals surface area contributed by atoms with Crippen LogP contribution in [0.5, 0.6) is 11.5 Å². The molecular formula is C16H22BrNO3. The number of methoxy groups -OCH3 is 2. The van der Waals surface area contributed by atoms with Gasteiger partial charge in [0.2, 0.25) is 0 Å². The summed E-state index contributed by atoms with van der Waals surface area (Å²) in [4.78, 5) is 2.41. The van der Waals surface area contributed by atoms with Crippen molar-refractivity contribution in [2.45, 2.75) is 31.4 Å². The van der Waals surface area contributed by atoms with Crippen LogP contribution in [-0.2, 0) is 6.42 Å². The van der Waals surface area contributed by atoms with Crippen LogP contribution < -0.4 is 9.47 Å². The number of ether oxygens (including phenoxy) is 2. The van der Waals surface area contributed by atoms with Gasteiger partial charge in [0.1, 0.15) is 0 Å². The van der Waals surface area contributed by atoms with Gasteiger partial charge in [-0.3, -0.25) is 4.90 Å². The zero-order valence-corrected chi connectivity index (χ0v) is 14.1. The number of benzene rings is 1. The van der Waals surface area contributed by atoms with Crippen molar-refractivity contribution in [1.29, 1.82) is 0 Å². The molecule has 3 fully saturated rings. The number of hydrogen-bond donors (Lipinski definition) is 1. The summed E-state index contributed by atoms with van der Waals surface area (Å²) < 4.78 is 11.9. The van der Waals surface area contributed by atoms with Gasteiger partial charge in [0.05, 0.1) is 20.3 Å². The number of rotatable bonds is 4. The number of piperidine rings is 3. The Bertz CT molecular complexity index is 512. The van der Waals surface area contributed by atoms with Crippen LogP contribution >= 0.6 is 15.9 Å². The zero-order chi connectivity index (χ0) is 15.0. The molecule has 0 radical (unpaired) electrons. The van der Waals surface area contributed by atoms with Crippen LogP contribution in [0.3, 0.4) is 0 Å². The molecule has 1 aromatic rings. The highest BCUT2D eigenvalue weighted by Crippen LogP contribution is 2.39. The third kappa shape index (κ3) is 2.79. The molecule has 2 bridgehead atoms. The molecule has 21 heavy (non-hydrogen) atoms. The van der Waals surface area contributed by atoms with Gasteiger partial charge in [0.25, 0.3) is 0 Å². The summed E-state index contributed by atoms with van der Waals surface area (Å²) in [7, 11) is 3.31. The van der Waals surface area contributed by atoms with Gasteiger partial charge in [0, 0.05) is 16.1 Å². The Morgan fingerprint density at radius 1 is 1.24 bits per heavy atom. The molecule has 2 unspecified atom stereocenters. The maximum Gasteiger partial charge on any atom is 0.164 e. The lowest BCUT2D eigenvalue weighted by molar-refractivity contribution is -0.0716. The monoisotopic (exact) mass is 355 g/mol. The van der Waals surface area contributed by atoms with Crippen molar-refractivity contribution >= 4 is 15.9 Å². The van der Waals surface area contributed by atoms with Crippen LogP contribution in [0, 0.1) is 5.92 Å². The fourth-order valence-corrected chi connectivity index (χ4v) is 4.24. The molecule has 2 atom stereocenters. The Kier molecular flexibility index (Phi) is 4.43. The van der Waals surface area contributed by atoms with Gasteiger partial charge < -0.3 is 14.6 Å². The average Bonchev–Trinajstić information content (AvgIpc) is 2.50. The fraction of sp³-hybridized carbons (Fsp3) is 0.625. The Balaban J connectivity index is 1.89. The van der Waals surface area contributed by atoms with Crippen LogP contribution in [0.25, 0.3) is 0 Å². The molecule has 3 heterocycles. The number of hydrogen-bond acceptors (Lipinski definition) is 4. The smallest absolute Gasteiger partial charge is 0.164 e. The van der Waals surface area contributed by atoms with Crippen molar-refractivity contribution in [2.24, 2.45) is 5.92 Å². The van der Waals surface area contributed by atoms with Gasteiger partial charge in [-0.05, 0) is 50.4 Å². The van der Waals surface area contributed by atoms with Crippen molar-refractivity contribution in [2.75, 3.05) is 27.3 Å². The molecule has 116 valence electrons. The average molecular weight is 356 g/mol. The molecule has 3 saturated heterocycles. The lowest BCUT2D eigenvalue weighted by Gasteiger charge is -2.49. The second kappa shape index (κ2) is 6.15. The largest absolute Gasteiger partial charge is 0.493 e. The predicted octanol–water partition coefficient (Wildman–Crippen LogP) is 2.46. The van der Waals surface area contributed by atoms with Crippen LogP contribution in [0.4, 0.5) is 0 Å². The highest BCUT2D eigenvalue weighted by molar-refractivity contribution is 9.10. The van der Waals surface area contributed by atoms with E-state index in [-0.39, 0.29) is 12.1 Å². The maximum absolute atomic E-state index is 10.6. The van der Waals surface area contributed by atoms with E-state index in [1.54, 1.807) is 14.2 Å². The van der Waals surface area contributed by atoms with E-state index in [1.165, 1.54) is 0 Å². The zero-order valence-electron chi connectivity index (χ0n) is 12.5. The van der Waals surface area contributed by atoms with E-state index in [9.17, 15) is 5.11 Å². The topological polar surface area (TPSA) is 41.9 Å². The fourth-order valence-electron chi connectivity index (χ4n) is 3.76. The van der Waals surface area contributed by atoms with E-state index >= 15 is 0 Å². The van der Waals surface area contributed by atoms with Crippen molar-refractivity contribution in [3.05, 3.63) is 22.2 Å². The van der Waals surface area contributed by atoms with E-state index in [0.717, 1.165) is 53.9 Å². The Morgan fingerprint density at radius 3 is 2.52 bits per heavy atom. The summed E-state index contributed by atoms with van der Waals surface area (Å²) in [6.07, 6.45) is 2.80. The minimum absolute atomic E-state index is 0.186. The molecule has 3 aliphatic heterocycles. The quantitative estimate of drug-likeness (QED) is 0.900. The predicted molar refractivity (Wildman–Crippen MR) is 85.0 cm³/mol. The minimum atomic E-state index is -0.234. The first-order valence-corrected chi connectivity index (χ1v) is 8.26. The SMILES string of the molecule is COc1cc(Br)cc(CC2C(O)C3CCN2CC3)c1OC. The number of aliphatic hydroxyl groups is 1. The highest BCUT2D eigenvalue weighted by atomic mass is 79.9. The first kappa shape index (κ1) is 15.1. The number of aliphatic hydroxyl groups excluding tert-OH is 1. The molecular weight excluding hydrogens is 334 g/mol. The highest BCUT2D eigenvalue weighted by Gasteiger charge is 2.41. The van der Waals surface area contributed by atoms with Gasteiger partial charge >= 0.3 is 0 Å². The summed E-state index contributed by atoms with van der Waals surface area (Å²) in [5.74, 6) is 1.96. The van der Waals surface area contributed by atoms with Gasteiger partial charge in [-0.2, -0.15) is 0 Å². The van der Waals surface area contributed by atoms with E-state index < -0.39 is 0 Å². The van der Waals surface area contributed by atoms with Crippen molar-refractivity contribution in [3.8, 4) is 11.5 Å². The molecule has 1 N–H and O–H groups in total. The van der Waals surface area contributed by atoms with Crippen LogP contribution in [0.15, 0.2) is 16.6 Å². The standard InChI is InChI=1S/C16H22BrNO3/c1-20-14-9-12(17)7-11(16(14)21-2)8-13-15(19)10-3-5-18(13)6-4-10/h7,9-10,13,15,19H,3-6,8H2,1-2H3. The van der Waals surface area contributed by atoms with Gasteiger partial charge in [-0.15, -0.1) is 0 Å². The first-order chi connectivity index (χ1) is 10.1. The Hall–Kier alpha value is -0.780. The van der Waals surface area contributed by atoms with E-state index in [0.29, 0.717) is 5.92 Å². The second-order valence-electron chi connectivity index (χ2n) is 5.94. The van der Waals surface area contributed by atoms with E-state index in [2.05, 4.69) is 26.9 Å². The molecule has 4 nitrogen and oxygen atoms in total. The summed E-state index contributed by atoms with van der Waals surface area (Å²) >= 11 is 3.53. The number of halogens is 1. The molecule has 0 spiro atoms. The first-order valence-electron chi connectivity index (χ1n) is 7.46. The summed E-state index contributed by atoms with van der Waals surface area (Å²) in [5.41, 5.74) is 1.08. The summed E-state index contributed by atoms with van der Waals surface area (Å²) in [6, 6.07) is 4.16. The lowest BCUT2D eigenvalue weighted by Crippen LogP contribution is -2.58. The molecule has 0 aromatic heterocycles. The third-order valence-corrected chi connectivity index (χ3v) is 5.33.